The minimum atomic E-state index is -0.943. The van der Waals surface area contributed by atoms with Crippen molar-refractivity contribution in [2.75, 3.05) is 13.7 Å². The minimum Gasteiger partial charge on any atom is -0.497 e. The van der Waals surface area contributed by atoms with Gasteiger partial charge in [-0.3, -0.25) is 9.59 Å². The van der Waals surface area contributed by atoms with Crippen LogP contribution in [0.5, 0.6) is 5.75 Å². The molecule has 0 spiro atoms. The zero-order valence-corrected chi connectivity index (χ0v) is 10.4. The first-order valence-corrected chi connectivity index (χ1v) is 5.77. The van der Waals surface area contributed by atoms with Crippen LogP contribution in [0, 0.1) is 0 Å². The quantitative estimate of drug-likeness (QED) is 0.759. The van der Waals surface area contributed by atoms with Crippen LogP contribution in [0.1, 0.15) is 16.9 Å². The number of aromatic amines is 1. The van der Waals surface area contributed by atoms with Gasteiger partial charge in [-0.15, -0.1) is 0 Å². The fourth-order valence-electron chi connectivity index (χ4n) is 1.73. The van der Waals surface area contributed by atoms with E-state index in [4.69, 9.17) is 9.84 Å². The number of carbonyl (C=O) groups excluding carboxylic acids is 1. The van der Waals surface area contributed by atoms with Gasteiger partial charge in [0.15, 0.2) is 0 Å². The van der Waals surface area contributed by atoms with E-state index in [1.165, 1.54) is 0 Å². The van der Waals surface area contributed by atoms with Gasteiger partial charge in [0, 0.05) is 23.5 Å². The first-order chi connectivity index (χ1) is 9.10. The highest BCUT2D eigenvalue weighted by atomic mass is 16.5. The average molecular weight is 262 g/mol. The standard InChI is InChI=1S/C13H14N2O4/c1-19-9-3-2-8-6-11(15-10(8)7-9)13(18)14-5-4-12(16)17/h2-3,6-7,15H,4-5H2,1H3,(H,14,18)(H,16,17). The van der Waals surface area contributed by atoms with Gasteiger partial charge in [-0.25, -0.2) is 0 Å². The summed E-state index contributed by atoms with van der Waals surface area (Å²) < 4.78 is 5.10. The van der Waals surface area contributed by atoms with Crippen LogP contribution < -0.4 is 10.1 Å². The van der Waals surface area contributed by atoms with Crippen LogP contribution in [0.15, 0.2) is 24.3 Å². The van der Waals surface area contributed by atoms with Crippen LogP contribution in [0.25, 0.3) is 10.9 Å². The van der Waals surface area contributed by atoms with E-state index in [2.05, 4.69) is 10.3 Å². The van der Waals surface area contributed by atoms with Gasteiger partial charge < -0.3 is 20.1 Å². The van der Waals surface area contributed by atoms with E-state index >= 15 is 0 Å². The number of nitrogens with one attached hydrogen (secondary N) is 2. The van der Waals surface area contributed by atoms with Gasteiger partial charge in [-0.1, -0.05) is 0 Å². The molecule has 0 atom stereocenters. The largest absolute Gasteiger partial charge is 0.497 e. The summed E-state index contributed by atoms with van der Waals surface area (Å²) in [7, 11) is 1.57. The Morgan fingerprint density at radius 1 is 1.37 bits per heavy atom. The predicted octanol–water partition coefficient (Wildman–Crippen LogP) is 1.38. The molecule has 6 heteroatoms. The number of aromatic nitrogens is 1. The summed E-state index contributed by atoms with van der Waals surface area (Å²) >= 11 is 0. The third-order valence-electron chi connectivity index (χ3n) is 2.70. The van der Waals surface area contributed by atoms with Gasteiger partial charge in [0.05, 0.1) is 13.5 Å². The number of methoxy groups -OCH3 is 1. The normalized spacial score (nSPS) is 10.4. The molecule has 0 fully saturated rings. The molecule has 2 aromatic rings. The van der Waals surface area contributed by atoms with E-state index in [0.717, 1.165) is 10.9 Å². The molecular weight excluding hydrogens is 248 g/mol. The molecule has 6 nitrogen and oxygen atoms in total. The van der Waals surface area contributed by atoms with Crippen LogP contribution >= 0.6 is 0 Å². The predicted molar refractivity (Wildman–Crippen MR) is 69.4 cm³/mol. The van der Waals surface area contributed by atoms with E-state index < -0.39 is 5.97 Å². The van der Waals surface area contributed by atoms with Crippen LogP contribution in [-0.2, 0) is 4.79 Å². The first-order valence-electron chi connectivity index (χ1n) is 5.77. The van der Waals surface area contributed by atoms with Crippen LogP contribution in [0.3, 0.4) is 0 Å². The molecule has 100 valence electrons. The number of benzene rings is 1. The molecule has 0 saturated carbocycles. The maximum Gasteiger partial charge on any atom is 0.305 e. The number of aliphatic carboxylic acids is 1. The van der Waals surface area contributed by atoms with E-state index in [1.807, 2.05) is 12.1 Å². The number of H-pyrrole nitrogens is 1. The molecule has 0 unspecified atom stereocenters. The number of rotatable bonds is 5. The average Bonchev–Trinajstić information content (AvgIpc) is 2.80. The van der Waals surface area contributed by atoms with E-state index in [0.29, 0.717) is 11.4 Å². The van der Waals surface area contributed by atoms with Gasteiger partial charge in [-0.05, 0) is 18.2 Å². The summed E-state index contributed by atoms with van der Waals surface area (Å²) in [4.78, 5) is 25.1. The molecule has 0 radical (unpaired) electrons. The van der Waals surface area contributed by atoms with Crippen molar-refractivity contribution in [3.05, 3.63) is 30.0 Å². The Kier molecular flexibility index (Phi) is 3.70. The lowest BCUT2D eigenvalue weighted by atomic mass is 10.2. The Bertz CT molecular complexity index is 618. The topological polar surface area (TPSA) is 91.4 Å². The fourth-order valence-corrected chi connectivity index (χ4v) is 1.73. The third kappa shape index (κ3) is 3.04. The maximum absolute atomic E-state index is 11.8. The summed E-state index contributed by atoms with van der Waals surface area (Å²) in [5.41, 5.74) is 1.19. The molecular formula is C13H14N2O4. The number of amides is 1. The molecule has 1 aromatic carbocycles. The second-order valence-electron chi connectivity index (χ2n) is 4.04. The molecule has 0 aliphatic heterocycles. The van der Waals surface area contributed by atoms with Gasteiger partial charge in [0.1, 0.15) is 11.4 Å². The summed E-state index contributed by atoms with van der Waals surface area (Å²) in [5.74, 6) is -0.565. The van der Waals surface area contributed by atoms with Crippen molar-refractivity contribution in [2.45, 2.75) is 6.42 Å². The summed E-state index contributed by atoms with van der Waals surface area (Å²) in [5, 5.41) is 11.9. The van der Waals surface area contributed by atoms with Crippen molar-refractivity contribution >= 4 is 22.8 Å². The van der Waals surface area contributed by atoms with E-state index in [9.17, 15) is 9.59 Å². The van der Waals surface area contributed by atoms with E-state index in [1.54, 1.807) is 19.2 Å². The molecule has 1 heterocycles. The highest BCUT2D eigenvalue weighted by molar-refractivity contribution is 5.98. The molecule has 2 rings (SSSR count). The van der Waals surface area contributed by atoms with Crippen molar-refractivity contribution < 1.29 is 19.4 Å². The molecule has 0 bridgehead atoms. The molecule has 1 amide bonds. The lowest BCUT2D eigenvalue weighted by Gasteiger charge is -2.00. The number of carbonyl (C=O) groups is 2. The molecule has 0 aliphatic carbocycles. The molecule has 3 N–H and O–H groups in total. The second-order valence-corrected chi connectivity index (χ2v) is 4.04. The fraction of sp³-hybridized carbons (Fsp3) is 0.231. The number of ether oxygens (including phenoxy) is 1. The van der Waals surface area contributed by atoms with Crippen LogP contribution in [-0.4, -0.2) is 35.6 Å². The Morgan fingerprint density at radius 2 is 2.16 bits per heavy atom. The van der Waals surface area contributed by atoms with Crippen molar-refractivity contribution in [1.29, 1.82) is 0 Å². The molecule has 0 saturated heterocycles. The van der Waals surface area contributed by atoms with Gasteiger partial charge in [-0.2, -0.15) is 0 Å². The maximum atomic E-state index is 11.8. The summed E-state index contributed by atoms with van der Waals surface area (Å²) in [6.45, 7) is 0.104. The number of fused-ring (bicyclic) bond motifs is 1. The molecule has 19 heavy (non-hydrogen) atoms. The van der Waals surface area contributed by atoms with Gasteiger partial charge >= 0.3 is 5.97 Å². The number of hydrogen-bond donors (Lipinski definition) is 3. The third-order valence-corrected chi connectivity index (χ3v) is 2.70. The van der Waals surface area contributed by atoms with Crippen molar-refractivity contribution in [3.63, 3.8) is 0 Å². The van der Waals surface area contributed by atoms with Gasteiger partial charge in [0.2, 0.25) is 0 Å². The SMILES string of the molecule is COc1ccc2cc(C(=O)NCCC(=O)O)[nH]c2c1. The lowest BCUT2D eigenvalue weighted by Crippen LogP contribution is -2.26. The van der Waals surface area contributed by atoms with Crippen molar-refractivity contribution in [1.82, 2.24) is 10.3 Å². The Balaban J connectivity index is 2.12. The Labute approximate surface area is 109 Å². The number of hydrogen-bond acceptors (Lipinski definition) is 3. The monoisotopic (exact) mass is 262 g/mol. The smallest absolute Gasteiger partial charge is 0.305 e. The zero-order chi connectivity index (χ0) is 13.8. The number of carboxylic acid groups (broad SMARTS) is 1. The lowest BCUT2D eigenvalue weighted by molar-refractivity contribution is -0.136. The highest BCUT2D eigenvalue weighted by Crippen LogP contribution is 2.21. The Hall–Kier alpha value is -2.50. The zero-order valence-electron chi connectivity index (χ0n) is 10.4. The van der Waals surface area contributed by atoms with Crippen molar-refractivity contribution in [3.8, 4) is 5.75 Å². The van der Waals surface area contributed by atoms with Crippen LogP contribution in [0.4, 0.5) is 0 Å². The van der Waals surface area contributed by atoms with Crippen LogP contribution in [0.2, 0.25) is 0 Å². The van der Waals surface area contributed by atoms with Gasteiger partial charge in [0.25, 0.3) is 5.91 Å². The summed E-state index contributed by atoms with van der Waals surface area (Å²) in [6.07, 6.45) is -0.0974. The summed E-state index contributed by atoms with van der Waals surface area (Å²) in [6, 6.07) is 7.16. The minimum absolute atomic E-state index is 0.0974. The van der Waals surface area contributed by atoms with E-state index in [-0.39, 0.29) is 18.9 Å². The molecule has 0 aliphatic rings. The van der Waals surface area contributed by atoms with Crippen molar-refractivity contribution in [2.24, 2.45) is 0 Å². The Morgan fingerprint density at radius 3 is 2.84 bits per heavy atom. The molecule has 1 aromatic heterocycles. The number of carboxylic acids is 1. The second kappa shape index (κ2) is 5.43. The highest BCUT2D eigenvalue weighted by Gasteiger charge is 2.10. The first kappa shape index (κ1) is 12.9.